The van der Waals surface area contributed by atoms with Crippen LogP contribution in [0.1, 0.15) is 25.5 Å². The fourth-order valence-corrected chi connectivity index (χ4v) is 4.91. The van der Waals surface area contributed by atoms with Crippen molar-refractivity contribution in [1.29, 1.82) is 0 Å². The van der Waals surface area contributed by atoms with E-state index in [1.165, 1.54) is 23.9 Å². The van der Waals surface area contributed by atoms with Gasteiger partial charge in [-0.1, -0.05) is 49.0 Å². The predicted molar refractivity (Wildman–Crippen MR) is 170 cm³/mol. The summed E-state index contributed by atoms with van der Waals surface area (Å²) in [7, 11) is 1.48. The number of rotatable bonds is 13. The zero-order valence-electron chi connectivity index (χ0n) is 23.7. The molecule has 0 unspecified atom stereocenters. The number of aryl methyl sites for hydroxylation is 2. The van der Waals surface area contributed by atoms with Crippen LogP contribution in [-0.2, 0) is 17.8 Å². The van der Waals surface area contributed by atoms with Gasteiger partial charge in [-0.15, -0.1) is 6.42 Å². The van der Waals surface area contributed by atoms with E-state index in [4.69, 9.17) is 39.1 Å². The third-order valence-electron chi connectivity index (χ3n) is 6.42. The second-order valence-corrected chi connectivity index (χ2v) is 10.1. The normalized spacial score (nSPS) is 10.7. The number of nitrogens with one attached hydrogen (secondary N) is 2. The van der Waals surface area contributed by atoms with Gasteiger partial charge in [-0.25, -0.2) is 4.98 Å². The fourth-order valence-electron chi connectivity index (χ4n) is 4.23. The molecule has 0 saturated heterocycles. The Labute approximate surface area is 259 Å². The van der Waals surface area contributed by atoms with Gasteiger partial charge in [-0.2, -0.15) is 4.98 Å². The first-order chi connectivity index (χ1) is 20.8. The standard InChI is InChI=1S/C31H30Cl2N6O4/c1-5-8-14-43-24-16-23(42-4)27(32)26(28(24)33)22-15-19-17-36-31(34-12-6-2)38-29(19)39(30(22)41)13-11-20-9-10-21(18-35-20)37-25(40)7-3/h2,7,9-10,15-18H,3,5,8,11-14H2,1,4H3,(H,37,40)(H,34,36,38). The number of fused-ring (bicyclic) bond motifs is 1. The van der Waals surface area contributed by atoms with Gasteiger partial charge in [0, 0.05) is 41.9 Å². The highest BCUT2D eigenvalue weighted by Gasteiger charge is 2.23. The van der Waals surface area contributed by atoms with Crippen molar-refractivity contribution in [1.82, 2.24) is 19.5 Å². The third kappa shape index (κ3) is 7.25. The molecule has 43 heavy (non-hydrogen) atoms. The van der Waals surface area contributed by atoms with E-state index in [1.807, 2.05) is 0 Å². The van der Waals surface area contributed by atoms with E-state index < -0.39 is 0 Å². The van der Waals surface area contributed by atoms with Crippen LogP contribution in [0.4, 0.5) is 11.6 Å². The Morgan fingerprint density at radius 3 is 2.65 bits per heavy atom. The lowest BCUT2D eigenvalue weighted by Gasteiger charge is -2.18. The molecule has 4 rings (SSSR count). The smallest absolute Gasteiger partial charge is 0.260 e. The van der Waals surface area contributed by atoms with Crippen LogP contribution in [0.25, 0.3) is 22.2 Å². The number of hydrogen-bond acceptors (Lipinski definition) is 8. The zero-order chi connectivity index (χ0) is 30.9. The minimum absolute atomic E-state index is 0.172. The monoisotopic (exact) mass is 620 g/mol. The van der Waals surface area contributed by atoms with Crippen LogP contribution in [0.3, 0.4) is 0 Å². The van der Waals surface area contributed by atoms with Crippen molar-refractivity contribution < 1.29 is 14.3 Å². The highest BCUT2D eigenvalue weighted by molar-refractivity contribution is 6.41. The van der Waals surface area contributed by atoms with Gasteiger partial charge in [0.2, 0.25) is 11.9 Å². The number of ether oxygens (including phenoxy) is 2. The molecule has 0 radical (unpaired) electrons. The Balaban J connectivity index is 1.83. The largest absolute Gasteiger partial charge is 0.495 e. The van der Waals surface area contributed by atoms with Crippen LogP contribution in [-0.4, -0.2) is 45.7 Å². The molecule has 1 aromatic carbocycles. The molecule has 0 bridgehead atoms. The summed E-state index contributed by atoms with van der Waals surface area (Å²) >= 11 is 13.6. The number of pyridine rings is 2. The number of halogens is 2. The maximum Gasteiger partial charge on any atom is 0.260 e. The van der Waals surface area contributed by atoms with E-state index in [9.17, 15) is 9.59 Å². The van der Waals surface area contributed by atoms with Gasteiger partial charge < -0.3 is 20.1 Å². The van der Waals surface area contributed by atoms with Crippen LogP contribution in [0.2, 0.25) is 10.0 Å². The van der Waals surface area contributed by atoms with Crippen LogP contribution < -0.4 is 25.7 Å². The summed E-state index contributed by atoms with van der Waals surface area (Å²) in [6.45, 7) is 6.35. The summed E-state index contributed by atoms with van der Waals surface area (Å²) in [5, 5.41) is 6.53. The molecule has 0 aliphatic carbocycles. The summed E-state index contributed by atoms with van der Waals surface area (Å²) in [4.78, 5) is 39.1. The summed E-state index contributed by atoms with van der Waals surface area (Å²) in [5.41, 5.74) is 1.71. The van der Waals surface area contributed by atoms with Gasteiger partial charge in [-0.3, -0.25) is 19.1 Å². The second kappa shape index (κ2) is 14.5. The summed E-state index contributed by atoms with van der Waals surface area (Å²) in [5.74, 6) is 3.09. The lowest BCUT2D eigenvalue weighted by atomic mass is 10.0. The zero-order valence-corrected chi connectivity index (χ0v) is 25.3. The first-order valence-corrected chi connectivity index (χ1v) is 14.2. The molecule has 4 aromatic rings. The number of unbranched alkanes of at least 4 members (excludes halogenated alkanes) is 1. The second-order valence-electron chi connectivity index (χ2n) is 9.31. The number of benzene rings is 1. The maximum absolute atomic E-state index is 14.2. The Bertz CT molecular complexity index is 1750. The Morgan fingerprint density at radius 2 is 1.98 bits per heavy atom. The van der Waals surface area contributed by atoms with Crippen molar-refractivity contribution in [3.05, 3.63) is 75.4 Å². The van der Waals surface area contributed by atoms with Gasteiger partial charge in [0.15, 0.2) is 0 Å². The highest BCUT2D eigenvalue weighted by Crippen LogP contribution is 2.45. The molecule has 3 aromatic heterocycles. The third-order valence-corrected chi connectivity index (χ3v) is 7.17. The minimum Gasteiger partial charge on any atom is -0.495 e. The summed E-state index contributed by atoms with van der Waals surface area (Å²) in [6, 6.07) is 6.75. The lowest BCUT2D eigenvalue weighted by molar-refractivity contribution is -0.111. The van der Waals surface area contributed by atoms with Crippen LogP contribution in [0, 0.1) is 12.3 Å². The number of terminal acetylenes is 1. The first-order valence-electron chi connectivity index (χ1n) is 13.5. The molecule has 0 saturated carbocycles. The van der Waals surface area contributed by atoms with Crippen molar-refractivity contribution in [2.24, 2.45) is 0 Å². The number of hydrogen-bond donors (Lipinski definition) is 2. The summed E-state index contributed by atoms with van der Waals surface area (Å²) < 4.78 is 12.9. The predicted octanol–water partition coefficient (Wildman–Crippen LogP) is 5.76. The van der Waals surface area contributed by atoms with Crippen molar-refractivity contribution in [2.45, 2.75) is 32.7 Å². The van der Waals surface area contributed by atoms with E-state index in [-0.39, 0.29) is 51.7 Å². The molecule has 3 heterocycles. The topological polar surface area (TPSA) is 120 Å². The molecule has 0 fully saturated rings. The molecule has 2 N–H and O–H groups in total. The average molecular weight is 622 g/mol. The highest BCUT2D eigenvalue weighted by atomic mass is 35.5. The van der Waals surface area contributed by atoms with Crippen LogP contribution in [0.5, 0.6) is 11.5 Å². The number of nitrogens with zero attached hydrogens (tertiary/aromatic N) is 4. The average Bonchev–Trinajstić information content (AvgIpc) is 3.01. The number of amides is 1. The fraction of sp³-hybridized carbons (Fsp3) is 0.258. The molecule has 10 nitrogen and oxygen atoms in total. The molecule has 1 amide bonds. The van der Waals surface area contributed by atoms with E-state index >= 15 is 0 Å². The molecule has 0 aliphatic heterocycles. The summed E-state index contributed by atoms with van der Waals surface area (Å²) in [6.07, 6.45) is 11.8. The van der Waals surface area contributed by atoms with E-state index in [1.54, 1.807) is 30.5 Å². The van der Waals surface area contributed by atoms with E-state index in [2.05, 4.69) is 45.0 Å². The number of anilines is 2. The Kier molecular flexibility index (Phi) is 10.6. The Morgan fingerprint density at radius 1 is 1.19 bits per heavy atom. The Hall–Kier alpha value is -4.59. The molecule has 222 valence electrons. The quantitative estimate of drug-likeness (QED) is 0.110. The van der Waals surface area contributed by atoms with Crippen molar-refractivity contribution in [2.75, 3.05) is 30.9 Å². The number of carbonyl (C=O) groups is 1. The first kappa shape index (κ1) is 31.3. The van der Waals surface area contributed by atoms with Crippen LogP contribution in [0.15, 0.2) is 54.1 Å². The van der Waals surface area contributed by atoms with E-state index in [0.717, 1.165) is 12.8 Å². The van der Waals surface area contributed by atoms with Gasteiger partial charge in [0.05, 0.1) is 47.8 Å². The van der Waals surface area contributed by atoms with Gasteiger partial charge in [0.1, 0.15) is 17.1 Å². The SMILES string of the molecule is C#CCNc1ncc2cc(-c3c(Cl)c(OC)cc(OCCCC)c3Cl)c(=O)n(CCc3ccc(NC(=O)C=C)cn3)c2n1. The number of aromatic nitrogens is 4. The van der Waals surface area contributed by atoms with Gasteiger partial charge in [-0.05, 0) is 30.7 Å². The molecule has 12 heteroatoms. The molecular weight excluding hydrogens is 591 g/mol. The molecule has 0 atom stereocenters. The maximum atomic E-state index is 14.2. The number of carbonyl (C=O) groups excluding carboxylic acids is 1. The molecule has 0 spiro atoms. The molecule has 0 aliphatic rings. The van der Waals surface area contributed by atoms with Crippen molar-refractivity contribution in [3.63, 3.8) is 0 Å². The van der Waals surface area contributed by atoms with Crippen molar-refractivity contribution in [3.8, 4) is 35.0 Å². The van der Waals surface area contributed by atoms with Gasteiger partial charge >= 0.3 is 0 Å². The molecular formula is C31H30Cl2N6O4. The van der Waals surface area contributed by atoms with Crippen LogP contribution >= 0.6 is 23.2 Å². The van der Waals surface area contributed by atoms with Crippen molar-refractivity contribution >= 4 is 51.8 Å². The lowest BCUT2D eigenvalue weighted by Crippen LogP contribution is -2.25. The minimum atomic E-state index is -0.388. The number of methoxy groups -OCH3 is 1. The van der Waals surface area contributed by atoms with Gasteiger partial charge in [0.25, 0.3) is 5.56 Å². The van der Waals surface area contributed by atoms with E-state index in [0.29, 0.717) is 46.9 Å².